The first-order valence-electron chi connectivity index (χ1n) is 10.4. The lowest BCUT2D eigenvalue weighted by atomic mass is 10.1. The fraction of sp³-hybridized carbons (Fsp3) is 0.571. The van der Waals surface area contributed by atoms with Gasteiger partial charge in [0.1, 0.15) is 18.2 Å². The molecule has 0 radical (unpaired) electrons. The van der Waals surface area contributed by atoms with Crippen LogP contribution in [0.5, 0.6) is 0 Å². The molecule has 2 atom stereocenters. The maximum atomic E-state index is 12.2. The Labute approximate surface area is 207 Å². The predicted molar refractivity (Wildman–Crippen MR) is 133 cm³/mol. The monoisotopic (exact) mass is 513 g/mol. The van der Waals surface area contributed by atoms with Gasteiger partial charge in [0.05, 0.1) is 7.11 Å². The zero-order chi connectivity index (χ0) is 25.6. The number of benzene rings is 1. The Hall–Kier alpha value is -2.76. The van der Waals surface area contributed by atoms with E-state index in [9.17, 15) is 14.4 Å². The van der Waals surface area contributed by atoms with E-state index in [1.54, 1.807) is 45.0 Å². The highest BCUT2D eigenvalue weighted by Gasteiger charge is 2.26. The van der Waals surface area contributed by atoms with Crippen LogP contribution in [0, 0.1) is 0 Å². The topological polar surface area (TPSA) is 152 Å². The Balaban J connectivity index is 2.61. The fourth-order valence-electron chi connectivity index (χ4n) is 2.68. The third-order valence-corrected chi connectivity index (χ3v) is 6.42. The van der Waals surface area contributed by atoms with E-state index in [4.69, 9.17) is 19.7 Å². The minimum atomic E-state index is -0.881. The van der Waals surface area contributed by atoms with Crippen LogP contribution in [0.3, 0.4) is 0 Å². The summed E-state index contributed by atoms with van der Waals surface area (Å²) in [5, 5.41) is 8.75. The van der Waals surface area contributed by atoms with Crippen LogP contribution in [0.1, 0.15) is 39.2 Å². The average molecular weight is 514 g/mol. The summed E-state index contributed by atoms with van der Waals surface area (Å²) in [6.07, 6.45) is 1.36. The number of ether oxygens (including phenoxy) is 3. The molecule has 0 aliphatic heterocycles. The van der Waals surface area contributed by atoms with Gasteiger partial charge in [0.15, 0.2) is 0 Å². The Morgan fingerprint density at radius 1 is 1.18 bits per heavy atom. The van der Waals surface area contributed by atoms with E-state index in [1.807, 2.05) is 6.26 Å². The quantitative estimate of drug-likeness (QED) is 0.0980. The molecule has 0 fully saturated rings. The maximum absolute atomic E-state index is 12.2. The third-order valence-electron chi connectivity index (χ3n) is 4.16. The molecule has 0 bridgehead atoms. The Morgan fingerprint density at radius 2 is 1.88 bits per heavy atom. The molecule has 0 saturated heterocycles. The smallest absolute Gasteiger partial charge is 0.408 e. The molecule has 0 aliphatic carbocycles. The van der Waals surface area contributed by atoms with Gasteiger partial charge in [-0.2, -0.15) is 0 Å². The number of nitrogens with one attached hydrogen (secondary N) is 2. The number of azide groups is 1. The number of carbonyl (C=O) groups excluding carboxylic acids is 3. The summed E-state index contributed by atoms with van der Waals surface area (Å²) >= 11 is 0. The summed E-state index contributed by atoms with van der Waals surface area (Å²) < 4.78 is 15.2. The number of hydrogen-bond acceptors (Lipinski definition) is 9. The molecule has 1 rings (SSSR count). The molecule has 0 saturated carbocycles. The minimum absolute atomic E-state index is 0.0500. The van der Waals surface area contributed by atoms with Gasteiger partial charge >= 0.3 is 18.2 Å². The van der Waals surface area contributed by atoms with Crippen molar-refractivity contribution in [2.24, 2.45) is 5.11 Å². The second-order valence-electron chi connectivity index (χ2n) is 7.96. The SMILES string of the molecule is COC(=O)[C@H](CC[C@@H](CNC(=O)OCc1ccccc1N=[N+]=[N-])SSC)NC(=O)OC(C)(C)C. The zero-order valence-corrected chi connectivity index (χ0v) is 21.5. The van der Waals surface area contributed by atoms with Crippen molar-refractivity contribution >= 4 is 45.4 Å². The molecule has 1 aromatic rings. The number of rotatable bonds is 12. The number of nitrogens with zero attached hydrogens (tertiary/aromatic N) is 3. The molecule has 0 aromatic heterocycles. The number of hydrogen-bond donors (Lipinski definition) is 2. The van der Waals surface area contributed by atoms with Crippen LogP contribution in [0.25, 0.3) is 10.4 Å². The summed E-state index contributed by atoms with van der Waals surface area (Å²) in [7, 11) is 4.29. The molecule has 0 unspecified atom stereocenters. The lowest BCUT2D eigenvalue weighted by Gasteiger charge is -2.23. The van der Waals surface area contributed by atoms with Crippen molar-refractivity contribution in [1.82, 2.24) is 10.6 Å². The van der Waals surface area contributed by atoms with E-state index in [0.29, 0.717) is 24.1 Å². The normalized spacial score (nSPS) is 12.5. The molecular weight excluding hydrogens is 482 g/mol. The van der Waals surface area contributed by atoms with Crippen molar-refractivity contribution in [3.63, 3.8) is 0 Å². The van der Waals surface area contributed by atoms with Crippen LogP contribution in [0.4, 0.5) is 15.3 Å². The molecule has 188 valence electrons. The maximum Gasteiger partial charge on any atom is 0.408 e. The van der Waals surface area contributed by atoms with E-state index in [1.165, 1.54) is 28.7 Å². The van der Waals surface area contributed by atoms with Gasteiger partial charge in [-0.15, -0.1) is 0 Å². The van der Waals surface area contributed by atoms with Crippen LogP contribution in [-0.2, 0) is 25.6 Å². The molecule has 34 heavy (non-hydrogen) atoms. The molecule has 0 aliphatic rings. The molecule has 2 N–H and O–H groups in total. The number of esters is 1. The second-order valence-corrected chi connectivity index (χ2v) is 10.7. The lowest BCUT2D eigenvalue weighted by Crippen LogP contribution is -2.44. The highest BCUT2D eigenvalue weighted by molar-refractivity contribution is 8.76. The summed E-state index contributed by atoms with van der Waals surface area (Å²) in [5.41, 5.74) is 8.90. The van der Waals surface area contributed by atoms with Crippen molar-refractivity contribution < 1.29 is 28.6 Å². The van der Waals surface area contributed by atoms with E-state index < -0.39 is 29.8 Å². The van der Waals surface area contributed by atoms with Crippen LogP contribution in [-0.4, -0.2) is 55.0 Å². The standard InChI is InChI=1S/C21H31N5O6S2/c1-21(2,3)32-20(29)24-17(18(27)30-4)11-10-15(34-33-5)12-23-19(28)31-13-14-8-6-7-9-16(14)25-26-22/h6-9,15,17H,10-13H2,1-5H3,(H,23,28)(H,24,29)/t15-,17-/m0/s1. The van der Waals surface area contributed by atoms with Gasteiger partial charge in [0.2, 0.25) is 0 Å². The third kappa shape index (κ3) is 11.9. The van der Waals surface area contributed by atoms with Gasteiger partial charge in [0.25, 0.3) is 0 Å². The van der Waals surface area contributed by atoms with Gasteiger partial charge in [-0.1, -0.05) is 51.0 Å². The molecule has 13 heteroatoms. The van der Waals surface area contributed by atoms with Crippen molar-refractivity contribution in [3.8, 4) is 0 Å². The first kappa shape index (κ1) is 29.3. The number of carbonyl (C=O) groups is 3. The molecule has 2 amide bonds. The van der Waals surface area contributed by atoms with E-state index >= 15 is 0 Å². The van der Waals surface area contributed by atoms with E-state index in [2.05, 4.69) is 20.7 Å². The van der Waals surface area contributed by atoms with Gasteiger partial charge in [-0.3, -0.25) is 0 Å². The summed E-state index contributed by atoms with van der Waals surface area (Å²) in [6, 6.07) is 5.92. The van der Waals surface area contributed by atoms with Gasteiger partial charge in [0, 0.05) is 22.4 Å². The van der Waals surface area contributed by atoms with Gasteiger partial charge in [-0.25, -0.2) is 14.4 Å². The van der Waals surface area contributed by atoms with Gasteiger partial charge < -0.3 is 24.8 Å². The van der Waals surface area contributed by atoms with Crippen molar-refractivity contribution in [2.45, 2.75) is 57.1 Å². The lowest BCUT2D eigenvalue weighted by molar-refractivity contribution is -0.143. The predicted octanol–water partition coefficient (Wildman–Crippen LogP) is 5.08. The first-order valence-corrected chi connectivity index (χ1v) is 13.0. The summed E-state index contributed by atoms with van der Waals surface area (Å²) in [4.78, 5) is 39.1. The summed E-state index contributed by atoms with van der Waals surface area (Å²) in [5.74, 6) is -0.579. The fourth-order valence-corrected chi connectivity index (χ4v) is 4.65. The largest absolute Gasteiger partial charge is 0.467 e. The summed E-state index contributed by atoms with van der Waals surface area (Å²) in [6.45, 7) is 5.41. The Bertz CT molecular complexity index is 873. The van der Waals surface area contributed by atoms with Crippen LogP contribution in [0.2, 0.25) is 0 Å². The highest BCUT2D eigenvalue weighted by atomic mass is 33.1. The minimum Gasteiger partial charge on any atom is -0.467 e. The Kier molecular flexibility index (Phi) is 13.1. The molecule has 0 heterocycles. The highest BCUT2D eigenvalue weighted by Crippen LogP contribution is 2.27. The van der Waals surface area contributed by atoms with E-state index in [0.717, 1.165) is 0 Å². The van der Waals surface area contributed by atoms with Crippen molar-refractivity contribution in [3.05, 3.63) is 40.3 Å². The average Bonchev–Trinajstić information content (AvgIpc) is 2.77. The molecular formula is C21H31N5O6S2. The Morgan fingerprint density at radius 3 is 2.50 bits per heavy atom. The molecule has 0 spiro atoms. The molecule has 1 aromatic carbocycles. The van der Waals surface area contributed by atoms with E-state index in [-0.39, 0.29) is 18.4 Å². The van der Waals surface area contributed by atoms with Gasteiger partial charge in [-0.05, 0) is 51.0 Å². The number of amides is 2. The van der Waals surface area contributed by atoms with Crippen LogP contribution in [0.15, 0.2) is 29.4 Å². The molecule has 11 nitrogen and oxygen atoms in total. The second kappa shape index (κ2) is 15.2. The van der Waals surface area contributed by atoms with Crippen molar-refractivity contribution in [1.29, 1.82) is 0 Å². The number of alkyl carbamates (subject to hydrolysis) is 2. The van der Waals surface area contributed by atoms with Crippen LogP contribution >= 0.6 is 21.6 Å². The number of methoxy groups -OCH3 is 1. The first-order chi connectivity index (χ1) is 16.1. The van der Waals surface area contributed by atoms with Crippen LogP contribution < -0.4 is 10.6 Å². The van der Waals surface area contributed by atoms with Crippen molar-refractivity contribution in [2.75, 3.05) is 19.9 Å². The zero-order valence-electron chi connectivity index (χ0n) is 19.9.